The third kappa shape index (κ3) is 5.33. The summed E-state index contributed by atoms with van der Waals surface area (Å²) < 4.78 is 46.0. The summed E-state index contributed by atoms with van der Waals surface area (Å²) >= 11 is 0. The van der Waals surface area contributed by atoms with Crippen LogP contribution in [-0.4, -0.2) is 54.6 Å². The molecule has 0 aliphatic carbocycles. The van der Waals surface area contributed by atoms with Gasteiger partial charge in [-0.05, 0) is 60.5 Å². The second-order valence-electron chi connectivity index (χ2n) is 9.75. The van der Waals surface area contributed by atoms with Crippen molar-refractivity contribution in [1.29, 1.82) is 0 Å². The maximum Gasteiger partial charge on any atom is 0.254 e. The zero-order valence-electron chi connectivity index (χ0n) is 22.9. The molecule has 0 radical (unpaired) electrons. The van der Waals surface area contributed by atoms with E-state index in [0.717, 1.165) is 40.1 Å². The van der Waals surface area contributed by atoms with Gasteiger partial charge in [-0.1, -0.05) is 32.9 Å². The van der Waals surface area contributed by atoms with E-state index in [0.29, 0.717) is 25.4 Å². The molecule has 1 aliphatic rings. The van der Waals surface area contributed by atoms with Gasteiger partial charge in [0.2, 0.25) is 0 Å². The first-order valence-electron chi connectivity index (χ1n) is 13.5. The molecule has 2 N–H and O–H groups in total. The smallest absolute Gasteiger partial charge is 0.254 e. The Labute approximate surface area is 233 Å². The maximum atomic E-state index is 15.3. The van der Waals surface area contributed by atoms with E-state index in [1.54, 1.807) is 11.8 Å². The molecule has 0 atom stereocenters. The molecule has 0 spiro atoms. The monoisotopic (exact) mass is 564 g/mol. The molecular formula is C30H33FN4O4S. The Balaban J connectivity index is 1.44. The Hall–Kier alpha value is -3.76. The Morgan fingerprint density at radius 2 is 1.88 bits per heavy atom. The molecule has 0 unspecified atom stereocenters. The van der Waals surface area contributed by atoms with Crippen LogP contribution in [0.4, 0.5) is 4.39 Å². The van der Waals surface area contributed by atoms with Gasteiger partial charge >= 0.3 is 0 Å². The lowest BCUT2D eigenvalue weighted by molar-refractivity contribution is 0.0731. The number of carbonyl (C=O) groups is 1. The highest BCUT2D eigenvalue weighted by atomic mass is 32.2. The SMILES string of the molecule is CCNCc1nc2ccc(-c3ccc4c(c3)CN(C(=O)c3ccc(S(=O)(=O)CC)c(F)c3CC)CCO4)cc2[nH]1. The number of hydrogen-bond acceptors (Lipinski definition) is 6. The number of sulfone groups is 1. The van der Waals surface area contributed by atoms with Crippen molar-refractivity contribution in [3.05, 3.63) is 76.9 Å². The predicted molar refractivity (Wildman–Crippen MR) is 153 cm³/mol. The van der Waals surface area contributed by atoms with Crippen molar-refractivity contribution in [3.63, 3.8) is 0 Å². The van der Waals surface area contributed by atoms with Gasteiger partial charge in [0.25, 0.3) is 5.91 Å². The first-order valence-corrected chi connectivity index (χ1v) is 15.2. The van der Waals surface area contributed by atoms with Gasteiger partial charge in [-0.2, -0.15) is 0 Å². The van der Waals surface area contributed by atoms with Crippen LogP contribution in [0.3, 0.4) is 0 Å². The number of benzene rings is 3. The van der Waals surface area contributed by atoms with E-state index in [9.17, 15) is 13.2 Å². The third-order valence-electron chi connectivity index (χ3n) is 7.24. The van der Waals surface area contributed by atoms with E-state index in [1.165, 1.54) is 19.1 Å². The van der Waals surface area contributed by atoms with E-state index < -0.39 is 15.7 Å². The molecule has 40 heavy (non-hydrogen) atoms. The molecule has 0 fully saturated rings. The van der Waals surface area contributed by atoms with Gasteiger partial charge in [-0.3, -0.25) is 4.79 Å². The lowest BCUT2D eigenvalue weighted by Gasteiger charge is -2.22. The summed E-state index contributed by atoms with van der Waals surface area (Å²) in [5.41, 5.74) is 4.92. The number of halogens is 1. The summed E-state index contributed by atoms with van der Waals surface area (Å²) in [6.45, 7) is 7.65. The molecule has 0 saturated carbocycles. The van der Waals surface area contributed by atoms with Gasteiger partial charge in [0.15, 0.2) is 9.84 Å². The molecule has 10 heteroatoms. The standard InChI is InChI=1S/C30H33FN4O4S/c1-4-22-23(9-12-27(29(22)31)40(37,38)6-3)30(36)35-13-14-39-26-11-8-19(15-21(26)18-35)20-7-10-24-25(16-20)34-28(33-24)17-32-5-2/h7-12,15-16,32H,4-6,13-14,17-18H2,1-3H3,(H,33,34). The Kier molecular flexibility index (Phi) is 7.91. The van der Waals surface area contributed by atoms with Crippen molar-refractivity contribution in [3.8, 4) is 16.9 Å². The van der Waals surface area contributed by atoms with E-state index in [1.807, 2.05) is 37.3 Å². The molecule has 1 aliphatic heterocycles. The molecule has 210 valence electrons. The minimum atomic E-state index is -3.75. The highest BCUT2D eigenvalue weighted by Gasteiger charge is 2.27. The zero-order chi connectivity index (χ0) is 28.4. The number of amides is 1. The van der Waals surface area contributed by atoms with Gasteiger partial charge in [-0.15, -0.1) is 0 Å². The molecule has 5 rings (SSSR count). The number of H-pyrrole nitrogens is 1. The van der Waals surface area contributed by atoms with Crippen molar-refractivity contribution in [2.45, 2.75) is 45.2 Å². The first-order chi connectivity index (χ1) is 19.2. The summed E-state index contributed by atoms with van der Waals surface area (Å²) in [5, 5.41) is 3.27. The van der Waals surface area contributed by atoms with Gasteiger partial charge in [0.1, 0.15) is 28.9 Å². The summed E-state index contributed by atoms with van der Waals surface area (Å²) in [5.74, 6) is 0.160. The fourth-order valence-corrected chi connectivity index (χ4v) is 6.01. The van der Waals surface area contributed by atoms with Crippen LogP contribution >= 0.6 is 0 Å². The molecule has 1 aromatic heterocycles. The molecule has 0 bridgehead atoms. The number of nitrogens with one attached hydrogen (secondary N) is 2. The Bertz CT molecular complexity index is 1680. The van der Waals surface area contributed by atoms with Crippen LogP contribution in [0.1, 0.15) is 48.1 Å². The van der Waals surface area contributed by atoms with Crippen LogP contribution in [0.5, 0.6) is 5.75 Å². The average molecular weight is 565 g/mol. The van der Waals surface area contributed by atoms with Crippen molar-refractivity contribution in [2.75, 3.05) is 25.4 Å². The van der Waals surface area contributed by atoms with E-state index >= 15 is 4.39 Å². The number of carbonyl (C=O) groups excluding carboxylic acids is 1. The van der Waals surface area contributed by atoms with Gasteiger partial charge in [0, 0.05) is 23.2 Å². The second-order valence-corrected chi connectivity index (χ2v) is 12.0. The van der Waals surface area contributed by atoms with Crippen LogP contribution in [-0.2, 0) is 29.3 Å². The van der Waals surface area contributed by atoms with E-state index in [2.05, 4.69) is 21.4 Å². The number of imidazole rings is 1. The van der Waals surface area contributed by atoms with Crippen molar-refractivity contribution in [1.82, 2.24) is 20.2 Å². The quantitative estimate of drug-likeness (QED) is 0.317. The maximum absolute atomic E-state index is 15.3. The van der Waals surface area contributed by atoms with E-state index in [-0.39, 0.29) is 40.6 Å². The van der Waals surface area contributed by atoms with Crippen LogP contribution < -0.4 is 10.1 Å². The largest absolute Gasteiger partial charge is 0.491 e. The summed E-state index contributed by atoms with van der Waals surface area (Å²) in [7, 11) is -3.75. The number of ether oxygens (including phenoxy) is 1. The fraction of sp³-hybridized carbons (Fsp3) is 0.333. The summed E-state index contributed by atoms with van der Waals surface area (Å²) in [4.78, 5) is 22.9. The molecule has 0 saturated heterocycles. The summed E-state index contributed by atoms with van der Waals surface area (Å²) in [6, 6.07) is 14.6. The van der Waals surface area contributed by atoms with Crippen LogP contribution in [0, 0.1) is 5.82 Å². The topological polar surface area (TPSA) is 104 Å². The number of aromatic nitrogens is 2. The third-order valence-corrected chi connectivity index (χ3v) is 8.99. The minimum absolute atomic E-state index is 0.111. The highest BCUT2D eigenvalue weighted by Crippen LogP contribution is 2.32. The van der Waals surface area contributed by atoms with Crippen molar-refractivity contribution >= 4 is 26.8 Å². The molecule has 2 heterocycles. The number of nitrogens with zero attached hydrogens (tertiary/aromatic N) is 2. The predicted octanol–water partition coefficient (Wildman–Crippen LogP) is 4.87. The fourth-order valence-electron chi connectivity index (χ4n) is 5.03. The van der Waals surface area contributed by atoms with Gasteiger partial charge < -0.3 is 19.9 Å². The number of rotatable bonds is 8. The first kappa shape index (κ1) is 27.8. The molecule has 4 aromatic rings. The van der Waals surface area contributed by atoms with E-state index in [4.69, 9.17) is 4.74 Å². The van der Waals surface area contributed by atoms with Gasteiger partial charge in [0.05, 0.1) is 29.9 Å². The van der Waals surface area contributed by atoms with Crippen LogP contribution in [0.15, 0.2) is 53.4 Å². The average Bonchev–Trinajstić information content (AvgIpc) is 3.25. The minimum Gasteiger partial charge on any atom is -0.491 e. The van der Waals surface area contributed by atoms with Crippen molar-refractivity contribution in [2.24, 2.45) is 0 Å². The number of aromatic amines is 1. The normalized spacial score (nSPS) is 13.7. The van der Waals surface area contributed by atoms with Crippen LogP contribution in [0.2, 0.25) is 0 Å². The Morgan fingerprint density at radius 3 is 2.62 bits per heavy atom. The molecule has 8 nitrogen and oxygen atoms in total. The lowest BCUT2D eigenvalue weighted by atomic mass is 10.0. The number of fused-ring (bicyclic) bond motifs is 2. The summed E-state index contributed by atoms with van der Waals surface area (Å²) in [6.07, 6.45) is 0.192. The Morgan fingerprint density at radius 1 is 1.10 bits per heavy atom. The molecule has 1 amide bonds. The van der Waals surface area contributed by atoms with Crippen molar-refractivity contribution < 1.29 is 22.3 Å². The zero-order valence-corrected chi connectivity index (χ0v) is 23.7. The molecular weight excluding hydrogens is 531 g/mol. The lowest BCUT2D eigenvalue weighted by Crippen LogP contribution is -2.33. The van der Waals surface area contributed by atoms with Crippen LogP contribution in [0.25, 0.3) is 22.2 Å². The molecule has 3 aromatic carbocycles. The highest BCUT2D eigenvalue weighted by molar-refractivity contribution is 7.91. The second kappa shape index (κ2) is 11.4. The van der Waals surface area contributed by atoms with Gasteiger partial charge in [-0.25, -0.2) is 17.8 Å². The number of hydrogen-bond donors (Lipinski definition) is 2.